The van der Waals surface area contributed by atoms with Crippen LogP contribution in [-0.4, -0.2) is 53.5 Å². The van der Waals surface area contributed by atoms with Crippen molar-refractivity contribution in [1.29, 1.82) is 0 Å². The predicted molar refractivity (Wildman–Crippen MR) is 139 cm³/mol. The second-order valence-electron chi connectivity index (χ2n) is 9.72. The smallest absolute Gasteiger partial charge is 0.309 e. The molecule has 1 N–H and O–H groups in total. The second kappa shape index (κ2) is 11.9. The van der Waals surface area contributed by atoms with Gasteiger partial charge in [-0.15, -0.1) is 11.8 Å². The largest absolute Gasteiger partial charge is 0.497 e. The third-order valence-electron chi connectivity index (χ3n) is 7.41. The molecule has 0 aliphatic carbocycles. The molecule has 1 fully saturated rings. The molecule has 0 amide bonds. The van der Waals surface area contributed by atoms with E-state index in [1.165, 1.54) is 11.8 Å². The van der Waals surface area contributed by atoms with Crippen LogP contribution in [0.25, 0.3) is 10.9 Å². The first-order chi connectivity index (χ1) is 18.1. The average Bonchev–Trinajstić information content (AvgIpc) is 2.90. The number of aromatic nitrogens is 1. The number of halogens is 4. The standard InChI is InChI=1S/C28H30F4N2O3S/c1-17-16-33-24-4-3-18(37-2)13-20(24)25(17)21(29)5-6-28(27(35)36)7-9-34(10-8-28)11-12-38-19-14-22(30)26(32)23(31)15-19/h3-4,13-16,21H,5-12H2,1-2H3,(H,35,36). The number of fused-ring (bicyclic) bond motifs is 1. The number of aliphatic carboxylic acids is 1. The summed E-state index contributed by atoms with van der Waals surface area (Å²) in [6.45, 7) is 3.41. The highest BCUT2D eigenvalue weighted by molar-refractivity contribution is 7.99. The van der Waals surface area contributed by atoms with Gasteiger partial charge in [0.25, 0.3) is 0 Å². The summed E-state index contributed by atoms with van der Waals surface area (Å²) in [5.74, 6) is -3.75. The first kappa shape index (κ1) is 28.2. The number of benzene rings is 2. The summed E-state index contributed by atoms with van der Waals surface area (Å²) in [5, 5.41) is 10.7. The van der Waals surface area contributed by atoms with Crippen LogP contribution in [0.4, 0.5) is 17.6 Å². The maximum absolute atomic E-state index is 15.7. The number of methoxy groups -OCH3 is 1. The molecule has 1 atom stereocenters. The number of likely N-dealkylation sites (tertiary alicyclic amines) is 1. The number of rotatable bonds is 10. The third-order valence-corrected chi connectivity index (χ3v) is 8.36. The van der Waals surface area contributed by atoms with Crippen LogP contribution >= 0.6 is 11.8 Å². The van der Waals surface area contributed by atoms with Crippen LogP contribution in [0, 0.1) is 29.8 Å². The van der Waals surface area contributed by atoms with Crippen LogP contribution in [0.5, 0.6) is 5.75 Å². The molecular weight excluding hydrogens is 520 g/mol. The molecule has 4 rings (SSSR count). The van der Waals surface area contributed by atoms with Gasteiger partial charge in [-0.25, -0.2) is 17.6 Å². The number of ether oxygens (including phenoxy) is 1. The predicted octanol–water partition coefficient (Wildman–Crippen LogP) is 6.72. The number of pyridine rings is 1. The van der Waals surface area contributed by atoms with Gasteiger partial charge in [-0.2, -0.15) is 0 Å². The van der Waals surface area contributed by atoms with Crippen LogP contribution in [0.1, 0.15) is 43.0 Å². The van der Waals surface area contributed by atoms with Gasteiger partial charge in [0, 0.05) is 28.8 Å². The quantitative estimate of drug-likeness (QED) is 0.172. The van der Waals surface area contributed by atoms with E-state index in [0.717, 1.165) is 12.1 Å². The van der Waals surface area contributed by atoms with E-state index in [2.05, 4.69) is 9.88 Å². The molecule has 0 saturated carbocycles. The molecule has 0 bridgehead atoms. The fraction of sp³-hybridized carbons (Fsp3) is 0.429. The lowest BCUT2D eigenvalue weighted by Crippen LogP contribution is -2.45. The third kappa shape index (κ3) is 6.07. The van der Waals surface area contributed by atoms with E-state index >= 15 is 4.39 Å². The van der Waals surface area contributed by atoms with Gasteiger partial charge in [0.1, 0.15) is 11.9 Å². The molecule has 1 saturated heterocycles. The van der Waals surface area contributed by atoms with Crippen molar-refractivity contribution in [2.45, 2.75) is 43.7 Å². The van der Waals surface area contributed by atoms with Gasteiger partial charge in [0.2, 0.25) is 0 Å². The van der Waals surface area contributed by atoms with Gasteiger partial charge < -0.3 is 14.7 Å². The minimum absolute atomic E-state index is 0.0704. The fourth-order valence-electron chi connectivity index (χ4n) is 5.07. The number of piperidine rings is 1. The number of hydrogen-bond acceptors (Lipinski definition) is 5. The second-order valence-corrected chi connectivity index (χ2v) is 10.9. The van der Waals surface area contributed by atoms with Crippen LogP contribution in [0.3, 0.4) is 0 Å². The highest BCUT2D eigenvalue weighted by Crippen LogP contribution is 2.41. The number of thioether (sulfide) groups is 1. The minimum Gasteiger partial charge on any atom is -0.497 e. The molecule has 10 heteroatoms. The molecule has 2 heterocycles. The highest BCUT2D eigenvalue weighted by atomic mass is 32.2. The Morgan fingerprint density at radius 3 is 2.50 bits per heavy atom. The summed E-state index contributed by atoms with van der Waals surface area (Å²) in [6.07, 6.45) is 1.31. The maximum atomic E-state index is 15.7. The Morgan fingerprint density at radius 2 is 1.87 bits per heavy atom. The normalized spacial score (nSPS) is 16.5. The van der Waals surface area contributed by atoms with Gasteiger partial charge in [0.05, 0.1) is 18.0 Å². The number of aryl methyl sites for hydroxylation is 1. The number of carbonyl (C=O) groups is 1. The van der Waals surface area contributed by atoms with Crippen molar-refractivity contribution in [1.82, 2.24) is 9.88 Å². The molecule has 0 radical (unpaired) electrons. The molecule has 204 valence electrons. The molecule has 1 aromatic heterocycles. The molecule has 3 aromatic rings. The maximum Gasteiger partial charge on any atom is 0.309 e. The minimum atomic E-state index is -1.49. The summed E-state index contributed by atoms with van der Waals surface area (Å²) in [5.41, 5.74) is 0.846. The van der Waals surface area contributed by atoms with E-state index in [1.54, 1.807) is 38.4 Å². The first-order valence-corrected chi connectivity index (χ1v) is 13.4. The lowest BCUT2D eigenvalue weighted by molar-refractivity contribution is -0.153. The van der Waals surface area contributed by atoms with E-state index in [4.69, 9.17) is 4.74 Å². The van der Waals surface area contributed by atoms with Crippen molar-refractivity contribution in [3.8, 4) is 5.75 Å². The van der Waals surface area contributed by atoms with Crippen molar-refractivity contribution >= 4 is 28.6 Å². The lowest BCUT2D eigenvalue weighted by Gasteiger charge is -2.39. The first-order valence-electron chi connectivity index (χ1n) is 12.4. The number of carboxylic acids is 1. The van der Waals surface area contributed by atoms with Crippen LogP contribution in [0.2, 0.25) is 0 Å². The summed E-state index contributed by atoms with van der Waals surface area (Å²) >= 11 is 1.21. The Bertz CT molecular complexity index is 1290. The zero-order valence-corrected chi connectivity index (χ0v) is 22.1. The zero-order chi connectivity index (χ0) is 27.4. The van der Waals surface area contributed by atoms with E-state index in [1.807, 2.05) is 0 Å². The van der Waals surface area contributed by atoms with E-state index in [-0.39, 0.29) is 12.8 Å². The molecular formula is C28H30F4N2O3S. The molecule has 0 spiro atoms. The van der Waals surface area contributed by atoms with Gasteiger partial charge in [-0.1, -0.05) is 0 Å². The van der Waals surface area contributed by atoms with Crippen LogP contribution in [0.15, 0.2) is 41.4 Å². The molecule has 1 unspecified atom stereocenters. The van der Waals surface area contributed by atoms with Crippen molar-refractivity contribution in [2.24, 2.45) is 5.41 Å². The summed E-state index contributed by atoms with van der Waals surface area (Å²) in [6, 6.07) is 7.23. The van der Waals surface area contributed by atoms with Gasteiger partial charge in [-0.05, 0) is 87.2 Å². The van der Waals surface area contributed by atoms with Gasteiger partial charge in [0.15, 0.2) is 17.5 Å². The lowest BCUT2D eigenvalue weighted by atomic mass is 9.74. The SMILES string of the molecule is COc1ccc2ncc(C)c(C(F)CCC3(C(=O)O)CCN(CCSc4cc(F)c(F)c(F)c4)CC3)c2c1. The molecule has 2 aromatic carbocycles. The van der Waals surface area contributed by atoms with Gasteiger partial charge >= 0.3 is 5.97 Å². The van der Waals surface area contributed by atoms with Crippen molar-refractivity contribution in [3.05, 3.63) is 65.1 Å². The molecule has 38 heavy (non-hydrogen) atoms. The summed E-state index contributed by atoms with van der Waals surface area (Å²) < 4.78 is 61.0. The molecule has 1 aliphatic rings. The Labute approximate surface area is 223 Å². The monoisotopic (exact) mass is 550 g/mol. The summed E-state index contributed by atoms with van der Waals surface area (Å²) in [7, 11) is 1.54. The Hall–Kier alpha value is -2.85. The van der Waals surface area contributed by atoms with Crippen molar-refractivity contribution in [3.63, 3.8) is 0 Å². The van der Waals surface area contributed by atoms with Crippen molar-refractivity contribution < 1.29 is 32.2 Å². The number of carboxylic acid groups (broad SMARTS) is 1. The Morgan fingerprint density at radius 1 is 1.18 bits per heavy atom. The number of alkyl halides is 1. The fourth-order valence-corrected chi connectivity index (χ4v) is 6.02. The molecule has 5 nitrogen and oxygen atoms in total. The summed E-state index contributed by atoms with van der Waals surface area (Å²) in [4.78, 5) is 19.1. The van der Waals surface area contributed by atoms with Crippen LogP contribution in [-0.2, 0) is 4.79 Å². The van der Waals surface area contributed by atoms with Crippen molar-refractivity contribution in [2.75, 3.05) is 32.5 Å². The van der Waals surface area contributed by atoms with Crippen LogP contribution < -0.4 is 4.74 Å². The molecule has 1 aliphatic heterocycles. The average molecular weight is 551 g/mol. The number of hydrogen-bond donors (Lipinski definition) is 1. The van der Waals surface area contributed by atoms with E-state index in [0.29, 0.717) is 70.9 Å². The number of nitrogens with zero attached hydrogens (tertiary/aromatic N) is 2. The zero-order valence-electron chi connectivity index (χ0n) is 21.3. The Balaban J connectivity index is 1.36. The van der Waals surface area contributed by atoms with Gasteiger partial charge in [-0.3, -0.25) is 9.78 Å². The topological polar surface area (TPSA) is 62.7 Å². The highest BCUT2D eigenvalue weighted by Gasteiger charge is 2.41. The van der Waals surface area contributed by atoms with E-state index < -0.39 is 35.0 Å². The Kier molecular flexibility index (Phi) is 8.82. The van der Waals surface area contributed by atoms with E-state index in [9.17, 15) is 23.1 Å².